The zero-order valence-electron chi connectivity index (χ0n) is 9.53. The molecule has 80 valence electrons. The summed E-state index contributed by atoms with van der Waals surface area (Å²) in [5, 5.41) is 4.49. The molecule has 3 heteroatoms. The van der Waals surface area contributed by atoms with Crippen LogP contribution in [0.3, 0.4) is 0 Å². The van der Waals surface area contributed by atoms with E-state index in [0.717, 1.165) is 35.0 Å². The lowest BCUT2D eigenvalue weighted by Crippen LogP contribution is -2.14. The number of nitrogens with zero attached hydrogens (tertiary/aromatic N) is 1. The molecule has 0 saturated carbocycles. The number of hydrogen-bond acceptors (Lipinski definition) is 2. The highest BCUT2D eigenvalue weighted by atomic mass is 14.9. The largest absolute Gasteiger partial charge is 0.385 e. The standard InChI is InChI=1S/C13H15BN2/c1-2-3-8-15-13-10-6-4-5-7-12(10)16-9-11(13)14/h4-7,9H,2-3,8H2,1H3,(H,15,16). The van der Waals surface area contributed by atoms with E-state index in [-0.39, 0.29) is 0 Å². The Kier molecular flexibility index (Phi) is 3.45. The normalized spacial score (nSPS) is 10.6. The lowest BCUT2D eigenvalue weighted by molar-refractivity contribution is 0.835. The first-order valence-electron chi connectivity index (χ1n) is 5.70. The van der Waals surface area contributed by atoms with E-state index in [1.54, 1.807) is 6.20 Å². The summed E-state index contributed by atoms with van der Waals surface area (Å²) in [4.78, 5) is 4.30. The first-order chi connectivity index (χ1) is 7.83. The van der Waals surface area contributed by atoms with E-state index < -0.39 is 0 Å². The van der Waals surface area contributed by atoms with Crippen LogP contribution >= 0.6 is 0 Å². The van der Waals surface area contributed by atoms with E-state index in [0.29, 0.717) is 0 Å². The van der Waals surface area contributed by atoms with Crippen LogP contribution in [0, 0.1) is 0 Å². The van der Waals surface area contributed by atoms with Crippen molar-refractivity contribution in [3.05, 3.63) is 30.5 Å². The third-order valence-electron chi connectivity index (χ3n) is 2.64. The quantitative estimate of drug-likeness (QED) is 0.618. The summed E-state index contributed by atoms with van der Waals surface area (Å²) in [6, 6.07) is 8.04. The molecular formula is C13H15BN2. The second-order valence-corrected chi connectivity index (χ2v) is 3.89. The molecule has 2 rings (SSSR count). The van der Waals surface area contributed by atoms with Crippen LogP contribution in [-0.2, 0) is 0 Å². The van der Waals surface area contributed by atoms with Crippen LogP contribution in [0.4, 0.5) is 5.69 Å². The average molecular weight is 210 g/mol. The zero-order valence-corrected chi connectivity index (χ0v) is 9.53. The van der Waals surface area contributed by atoms with E-state index in [9.17, 15) is 0 Å². The highest BCUT2D eigenvalue weighted by Crippen LogP contribution is 2.18. The van der Waals surface area contributed by atoms with Gasteiger partial charge in [0.2, 0.25) is 0 Å². The van der Waals surface area contributed by atoms with Crippen molar-refractivity contribution in [2.45, 2.75) is 19.8 Å². The second-order valence-electron chi connectivity index (χ2n) is 3.89. The van der Waals surface area contributed by atoms with Gasteiger partial charge in [-0.15, -0.1) is 0 Å². The predicted molar refractivity (Wildman–Crippen MR) is 70.5 cm³/mol. The minimum atomic E-state index is 0.717. The molecule has 1 N–H and O–H groups in total. The van der Waals surface area contributed by atoms with E-state index in [2.05, 4.69) is 17.2 Å². The zero-order chi connectivity index (χ0) is 11.4. The minimum absolute atomic E-state index is 0.717. The maximum absolute atomic E-state index is 5.94. The Labute approximate surface area is 97.5 Å². The number of nitrogens with one attached hydrogen (secondary N) is 1. The lowest BCUT2D eigenvalue weighted by Gasteiger charge is -2.12. The van der Waals surface area contributed by atoms with Gasteiger partial charge in [-0.1, -0.05) is 37.0 Å². The van der Waals surface area contributed by atoms with Gasteiger partial charge >= 0.3 is 0 Å². The van der Waals surface area contributed by atoms with Gasteiger partial charge in [0.05, 0.1) is 5.52 Å². The van der Waals surface area contributed by atoms with E-state index >= 15 is 0 Å². The summed E-state index contributed by atoms with van der Waals surface area (Å²) < 4.78 is 0. The Morgan fingerprint density at radius 2 is 2.12 bits per heavy atom. The molecule has 16 heavy (non-hydrogen) atoms. The number of fused-ring (bicyclic) bond motifs is 1. The molecule has 1 heterocycles. The lowest BCUT2D eigenvalue weighted by atomic mass is 9.94. The highest BCUT2D eigenvalue weighted by molar-refractivity contribution is 6.37. The van der Waals surface area contributed by atoms with Crippen LogP contribution in [-0.4, -0.2) is 19.4 Å². The van der Waals surface area contributed by atoms with Gasteiger partial charge in [0.1, 0.15) is 7.85 Å². The summed E-state index contributed by atoms with van der Waals surface area (Å²) in [6.07, 6.45) is 4.04. The van der Waals surface area contributed by atoms with E-state index in [1.807, 2.05) is 24.3 Å². The van der Waals surface area contributed by atoms with Gasteiger partial charge < -0.3 is 5.32 Å². The molecule has 0 bridgehead atoms. The Bertz CT molecular complexity index is 482. The maximum Gasteiger partial charge on any atom is 0.118 e. The fourth-order valence-electron chi connectivity index (χ4n) is 1.74. The van der Waals surface area contributed by atoms with Crippen molar-refractivity contribution in [1.29, 1.82) is 0 Å². The molecule has 2 nitrogen and oxygen atoms in total. The number of pyridine rings is 1. The van der Waals surface area contributed by atoms with Crippen molar-refractivity contribution >= 4 is 29.9 Å². The van der Waals surface area contributed by atoms with Crippen LogP contribution in [0.5, 0.6) is 0 Å². The number of aromatic nitrogens is 1. The third-order valence-corrected chi connectivity index (χ3v) is 2.64. The van der Waals surface area contributed by atoms with Gasteiger partial charge in [-0.2, -0.15) is 0 Å². The SMILES string of the molecule is [B]c1cnc2ccccc2c1NCCCC. The molecule has 0 fully saturated rings. The van der Waals surface area contributed by atoms with Gasteiger partial charge in [0, 0.05) is 23.8 Å². The molecular weight excluding hydrogens is 195 g/mol. The molecule has 0 aliphatic heterocycles. The molecule has 0 amide bonds. The van der Waals surface area contributed by atoms with Crippen LogP contribution < -0.4 is 10.8 Å². The average Bonchev–Trinajstić information content (AvgIpc) is 2.32. The fraction of sp³-hybridized carbons (Fsp3) is 0.308. The number of unbranched alkanes of at least 4 members (excludes halogenated alkanes) is 1. The van der Waals surface area contributed by atoms with Crippen molar-refractivity contribution in [3.8, 4) is 0 Å². The number of benzene rings is 1. The van der Waals surface area contributed by atoms with Crippen LogP contribution in [0.2, 0.25) is 0 Å². The topological polar surface area (TPSA) is 24.9 Å². The minimum Gasteiger partial charge on any atom is -0.385 e. The van der Waals surface area contributed by atoms with Crippen molar-refractivity contribution in [2.24, 2.45) is 0 Å². The van der Waals surface area contributed by atoms with E-state index in [4.69, 9.17) is 7.85 Å². The van der Waals surface area contributed by atoms with Crippen LogP contribution in [0.15, 0.2) is 30.5 Å². The monoisotopic (exact) mass is 210 g/mol. The molecule has 0 atom stereocenters. The number of hydrogen-bond donors (Lipinski definition) is 1. The Hall–Kier alpha value is -1.51. The number of anilines is 1. The smallest absolute Gasteiger partial charge is 0.118 e. The van der Waals surface area contributed by atoms with Crippen LogP contribution in [0.25, 0.3) is 10.9 Å². The van der Waals surface area contributed by atoms with Crippen molar-refractivity contribution in [2.75, 3.05) is 11.9 Å². The molecule has 1 aromatic carbocycles. The molecule has 2 aromatic rings. The van der Waals surface area contributed by atoms with Gasteiger partial charge in [0.15, 0.2) is 0 Å². The van der Waals surface area contributed by atoms with E-state index in [1.165, 1.54) is 6.42 Å². The first-order valence-corrected chi connectivity index (χ1v) is 5.70. The Morgan fingerprint density at radius 3 is 2.94 bits per heavy atom. The molecule has 1 aromatic heterocycles. The number of para-hydroxylation sites is 1. The summed E-state index contributed by atoms with van der Waals surface area (Å²) >= 11 is 0. The molecule has 0 spiro atoms. The Balaban J connectivity index is 2.37. The third kappa shape index (κ3) is 2.18. The van der Waals surface area contributed by atoms with Gasteiger partial charge in [-0.05, 0) is 12.5 Å². The summed E-state index contributed by atoms with van der Waals surface area (Å²) in [5.41, 5.74) is 2.71. The van der Waals surface area contributed by atoms with Crippen molar-refractivity contribution in [1.82, 2.24) is 4.98 Å². The summed E-state index contributed by atoms with van der Waals surface area (Å²) in [6.45, 7) is 3.13. The van der Waals surface area contributed by atoms with Gasteiger partial charge in [-0.3, -0.25) is 4.98 Å². The Morgan fingerprint density at radius 1 is 1.31 bits per heavy atom. The molecule has 0 unspecified atom stereocenters. The first kappa shape index (κ1) is 11.0. The summed E-state index contributed by atoms with van der Waals surface area (Å²) in [7, 11) is 5.94. The predicted octanol–water partition coefficient (Wildman–Crippen LogP) is 2.24. The van der Waals surface area contributed by atoms with Crippen molar-refractivity contribution in [3.63, 3.8) is 0 Å². The van der Waals surface area contributed by atoms with Gasteiger partial charge in [-0.25, -0.2) is 0 Å². The molecule has 0 aliphatic rings. The van der Waals surface area contributed by atoms with Gasteiger partial charge in [0.25, 0.3) is 0 Å². The fourth-order valence-corrected chi connectivity index (χ4v) is 1.74. The van der Waals surface area contributed by atoms with Crippen molar-refractivity contribution < 1.29 is 0 Å². The highest BCUT2D eigenvalue weighted by Gasteiger charge is 2.03. The molecule has 0 aliphatic carbocycles. The number of rotatable bonds is 4. The molecule has 2 radical (unpaired) electrons. The maximum atomic E-state index is 5.94. The second kappa shape index (κ2) is 5.02. The summed E-state index contributed by atoms with van der Waals surface area (Å²) in [5.74, 6) is 0. The van der Waals surface area contributed by atoms with Crippen LogP contribution in [0.1, 0.15) is 19.8 Å². The molecule has 0 saturated heterocycles.